The molecule has 2 aromatic rings. The molecule has 25 heavy (non-hydrogen) atoms. The summed E-state index contributed by atoms with van der Waals surface area (Å²) in [5, 5.41) is 19.3. The van der Waals surface area contributed by atoms with Crippen LogP contribution in [0.25, 0.3) is 5.76 Å². The molecule has 2 N–H and O–H groups in total. The van der Waals surface area contributed by atoms with Gasteiger partial charge in [0.05, 0.1) is 16.8 Å². The zero-order valence-corrected chi connectivity index (χ0v) is 13.7. The smallest absolute Gasteiger partial charge is 0.335 e. The predicted octanol–water partition coefficient (Wildman–Crippen LogP) is 4.21. The van der Waals surface area contributed by atoms with E-state index in [0.29, 0.717) is 16.8 Å². The average Bonchev–Trinajstić information content (AvgIpc) is 2.84. The van der Waals surface area contributed by atoms with E-state index in [1.807, 2.05) is 12.1 Å². The van der Waals surface area contributed by atoms with Crippen molar-refractivity contribution in [1.82, 2.24) is 0 Å². The quantitative estimate of drug-likeness (QED) is 0.802. The lowest BCUT2D eigenvalue weighted by Gasteiger charge is -2.03. The molecule has 0 saturated carbocycles. The Balaban J connectivity index is 1.89. The van der Waals surface area contributed by atoms with E-state index >= 15 is 0 Å². The minimum Gasteiger partial charge on any atom is -0.506 e. The highest BCUT2D eigenvalue weighted by Crippen LogP contribution is 2.31. The fraction of sp³-hybridized carbons (Fsp3) is 0.150. The number of fused-ring (bicyclic) bond motifs is 1. The van der Waals surface area contributed by atoms with Gasteiger partial charge in [-0.1, -0.05) is 25.5 Å². The third kappa shape index (κ3) is 3.21. The van der Waals surface area contributed by atoms with Crippen LogP contribution < -0.4 is 0 Å². The van der Waals surface area contributed by atoms with Gasteiger partial charge in [0.1, 0.15) is 5.76 Å². The lowest BCUT2D eigenvalue weighted by atomic mass is 10.0. The molecule has 0 aromatic heterocycles. The van der Waals surface area contributed by atoms with Crippen molar-refractivity contribution in [2.45, 2.75) is 19.8 Å². The van der Waals surface area contributed by atoms with Crippen LogP contribution in [0.5, 0.6) is 0 Å². The SMILES string of the molecule is CCCc1ccc2c(c1)C(O)=C(C=Nc1ccc(C(=O)O)cc1)C2=O. The number of nitrogens with zero attached hydrogens (tertiary/aromatic N) is 1. The molecule has 0 bridgehead atoms. The third-order valence-corrected chi connectivity index (χ3v) is 4.08. The fourth-order valence-electron chi connectivity index (χ4n) is 2.78. The number of carboxylic acids is 1. The van der Waals surface area contributed by atoms with E-state index in [2.05, 4.69) is 11.9 Å². The van der Waals surface area contributed by atoms with Gasteiger partial charge in [0.2, 0.25) is 0 Å². The summed E-state index contributed by atoms with van der Waals surface area (Å²) in [5.74, 6) is -1.34. The van der Waals surface area contributed by atoms with Gasteiger partial charge in [-0.3, -0.25) is 9.79 Å². The molecule has 0 spiro atoms. The van der Waals surface area contributed by atoms with Crippen molar-refractivity contribution in [3.8, 4) is 0 Å². The Labute approximate surface area is 145 Å². The van der Waals surface area contributed by atoms with Crippen LogP contribution in [0.15, 0.2) is 53.0 Å². The van der Waals surface area contributed by atoms with Crippen molar-refractivity contribution in [3.63, 3.8) is 0 Å². The van der Waals surface area contributed by atoms with Gasteiger partial charge in [-0.25, -0.2) is 4.79 Å². The standard InChI is InChI=1S/C20H17NO4/c1-2-3-12-4-9-15-16(10-12)19(23)17(18(15)22)11-21-14-7-5-13(6-8-14)20(24)25/h4-11,23H,2-3H2,1H3,(H,24,25). The van der Waals surface area contributed by atoms with Crippen LogP contribution in [0.1, 0.15) is 45.2 Å². The minimum atomic E-state index is -1.01. The normalized spacial score (nSPS) is 13.6. The molecule has 0 fully saturated rings. The second-order valence-electron chi connectivity index (χ2n) is 5.83. The van der Waals surface area contributed by atoms with E-state index in [1.54, 1.807) is 18.2 Å². The van der Waals surface area contributed by atoms with Crippen molar-refractivity contribution in [1.29, 1.82) is 0 Å². The summed E-state index contributed by atoms with van der Waals surface area (Å²) in [6, 6.07) is 11.4. The number of benzene rings is 2. The Hall–Kier alpha value is -3.21. The average molecular weight is 335 g/mol. The Morgan fingerprint density at radius 3 is 2.48 bits per heavy atom. The van der Waals surface area contributed by atoms with Gasteiger partial charge in [0.15, 0.2) is 5.78 Å². The maximum absolute atomic E-state index is 12.5. The van der Waals surface area contributed by atoms with Gasteiger partial charge in [0.25, 0.3) is 0 Å². The van der Waals surface area contributed by atoms with Crippen molar-refractivity contribution >= 4 is 29.4 Å². The second kappa shape index (κ2) is 6.73. The molecule has 5 heteroatoms. The summed E-state index contributed by atoms with van der Waals surface area (Å²) in [6.45, 7) is 2.07. The Kier molecular flexibility index (Phi) is 4.48. The molecule has 3 rings (SSSR count). The highest BCUT2D eigenvalue weighted by molar-refractivity contribution is 6.30. The monoisotopic (exact) mass is 335 g/mol. The number of aromatic carboxylic acids is 1. The summed E-state index contributed by atoms with van der Waals surface area (Å²) in [4.78, 5) is 27.5. The van der Waals surface area contributed by atoms with Crippen LogP contribution >= 0.6 is 0 Å². The number of carbonyl (C=O) groups is 2. The summed E-state index contributed by atoms with van der Waals surface area (Å²) < 4.78 is 0. The topological polar surface area (TPSA) is 87.0 Å². The number of aliphatic hydroxyl groups excluding tert-OH is 1. The van der Waals surface area contributed by atoms with Gasteiger partial charge in [0, 0.05) is 17.3 Å². The highest BCUT2D eigenvalue weighted by Gasteiger charge is 2.28. The van der Waals surface area contributed by atoms with E-state index in [1.165, 1.54) is 18.3 Å². The van der Waals surface area contributed by atoms with Crippen LogP contribution in [-0.2, 0) is 6.42 Å². The number of rotatable bonds is 5. The van der Waals surface area contributed by atoms with Crippen molar-refractivity contribution < 1.29 is 19.8 Å². The molecule has 0 atom stereocenters. The second-order valence-corrected chi connectivity index (χ2v) is 5.83. The Morgan fingerprint density at radius 2 is 1.84 bits per heavy atom. The molecule has 0 saturated heterocycles. The van der Waals surface area contributed by atoms with E-state index in [0.717, 1.165) is 18.4 Å². The number of carbonyl (C=O) groups excluding carboxylic acids is 1. The van der Waals surface area contributed by atoms with Gasteiger partial charge < -0.3 is 10.2 Å². The molecule has 0 aliphatic heterocycles. The number of Topliss-reactive ketones (excluding diaryl/α,β-unsaturated/α-hetero) is 1. The first-order chi connectivity index (χ1) is 12.0. The molecular weight excluding hydrogens is 318 g/mol. The van der Waals surface area contributed by atoms with Gasteiger partial charge in [-0.15, -0.1) is 0 Å². The van der Waals surface area contributed by atoms with Crippen LogP contribution in [0.2, 0.25) is 0 Å². The first-order valence-electron chi connectivity index (χ1n) is 8.00. The van der Waals surface area contributed by atoms with Crippen molar-refractivity contribution in [2.75, 3.05) is 0 Å². The molecule has 1 aliphatic rings. The molecule has 5 nitrogen and oxygen atoms in total. The van der Waals surface area contributed by atoms with E-state index in [9.17, 15) is 14.7 Å². The number of aliphatic hydroxyl groups is 1. The predicted molar refractivity (Wildman–Crippen MR) is 95.9 cm³/mol. The summed E-state index contributed by atoms with van der Waals surface area (Å²) in [7, 11) is 0. The summed E-state index contributed by atoms with van der Waals surface area (Å²) in [5.41, 5.74) is 2.89. The van der Waals surface area contributed by atoms with E-state index in [4.69, 9.17) is 5.11 Å². The maximum atomic E-state index is 12.5. The first kappa shape index (κ1) is 16.6. The number of hydrogen-bond donors (Lipinski definition) is 2. The zero-order valence-electron chi connectivity index (χ0n) is 13.7. The van der Waals surface area contributed by atoms with E-state index < -0.39 is 5.97 Å². The Bertz CT molecular complexity index is 908. The third-order valence-electron chi connectivity index (χ3n) is 4.08. The number of ketones is 1. The number of aliphatic imine (C=N–C) groups is 1. The Morgan fingerprint density at radius 1 is 1.12 bits per heavy atom. The van der Waals surface area contributed by atoms with E-state index in [-0.39, 0.29) is 22.7 Å². The van der Waals surface area contributed by atoms with Crippen molar-refractivity contribution in [2.24, 2.45) is 4.99 Å². The highest BCUT2D eigenvalue weighted by atomic mass is 16.4. The number of aryl methyl sites for hydroxylation is 1. The molecule has 1 aliphatic carbocycles. The molecular formula is C20H17NO4. The zero-order chi connectivity index (χ0) is 18.0. The van der Waals surface area contributed by atoms with Crippen LogP contribution in [0.3, 0.4) is 0 Å². The van der Waals surface area contributed by atoms with Gasteiger partial charge >= 0.3 is 5.97 Å². The maximum Gasteiger partial charge on any atom is 0.335 e. The van der Waals surface area contributed by atoms with Crippen LogP contribution in [0, 0.1) is 0 Å². The summed E-state index contributed by atoms with van der Waals surface area (Å²) >= 11 is 0. The molecule has 0 radical (unpaired) electrons. The number of carboxylic acid groups (broad SMARTS) is 1. The van der Waals surface area contributed by atoms with Crippen molar-refractivity contribution in [3.05, 3.63) is 70.3 Å². The van der Waals surface area contributed by atoms with Crippen LogP contribution in [-0.4, -0.2) is 28.2 Å². The molecule has 126 valence electrons. The number of allylic oxidation sites excluding steroid dienone is 1. The molecule has 0 heterocycles. The largest absolute Gasteiger partial charge is 0.506 e. The van der Waals surface area contributed by atoms with Gasteiger partial charge in [-0.2, -0.15) is 0 Å². The number of hydrogen-bond acceptors (Lipinski definition) is 4. The lowest BCUT2D eigenvalue weighted by Crippen LogP contribution is -2.00. The molecule has 0 amide bonds. The molecule has 2 aromatic carbocycles. The summed E-state index contributed by atoms with van der Waals surface area (Å²) in [6.07, 6.45) is 3.19. The molecule has 0 unspecified atom stereocenters. The fourth-order valence-corrected chi connectivity index (χ4v) is 2.78. The lowest BCUT2D eigenvalue weighted by molar-refractivity contribution is 0.0696. The first-order valence-corrected chi connectivity index (χ1v) is 8.00. The van der Waals surface area contributed by atoms with Gasteiger partial charge in [-0.05, 0) is 42.3 Å². The van der Waals surface area contributed by atoms with Crippen LogP contribution in [0.4, 0.5) is 5.69 Å². The minimum absolute atomic E-state index is 0.0659.